The number of hydrogen-bond donors (Lipinski definition) is 1. The highest BCUT2D eigenvalue weighted by molar-refractivity contribution is 7.89. The van der Waals surface area contributed by atoms with Crippen LogP contribution in [0.2, 0.25) is 0 Å². The van der Waals surface area contributed by atoms with Crippen molar-refractivity contribution in [3.8, 4) is 22.5 Å². The molecule has 4 rings (SSSR count). The fourth-order valence-corrected chi connectivity index (χ4v) is 4.38. The molecule has 0 bridgehead atoms. The van der Waals surface area contributed by atoms with Crippen molar-refractivity contribution in [3.63, 3.8) is 0 Å². The molecule has 1 heterocycles. The maximum atomic E-state index is 11.9. The Morgan fingerprint density at radius 1 is 0.733 bits per heavy atom. The van der Waals surface area contributed by atoms with Crippen molar-refractivity contribution in [2.75, 3.05) is 5.75 Å². The topological polar surface area (TPSA) is 72.0 Å². The summed E-state index contributed by atoms with van der Waals surface area (Å²) in [5.41, 5.74) is 6.15. The van der Waals surface area contributed by atoms with Gasteiger partial charge in [-0.2, -0.15) is 0 Å². The van der Waals surface area contributed by atoms with E-state index in [0.29, 0.717) is 6.42 Å². The molecular weight excluding hydrogens is 394 g/mol. The molecule has 0 fully saturated rings. The first-order valence-electron chi connectivity index (χ1n) is 9.94. The van der Waals surface area contributed by atoms with Crippen LogP contribution in [0, 0.1) is 0 Å². The van der Waals surface area contributed by atoms with Crippen molar-refractivity contribution in [2.24, 2.45) is 0 Å². The minimum atomic E-state index is -3.23. The Morgan fingerprint density at radius 2 is 1.27 bits per heavy atom. The van der Waals surface area contributed by atoms with Gasteiger partial charge in [-0.05, 0) is 24.1 Å². The van der Waals surface area contributed by atoms with Crippen molar-refractivity contribution < 1.29 is 8.42 Å². The maximum Gasteiger partial charge on any atom is 0.211 e. The van der Waals surface area contributed by atoms with E-state index >= 15 is 0 Å². The number of rotatable bonds is 7. The highest BCUT2D eigenvalue weighted by Crippen LogP contribution is 2.31. The molecule has 0 unspecified atom stereocenters. The monoisotopic (exact) mass is 417 g/mol. The number of benzene rings is 3. The van der Waals surface area contributed by atoms with Crippen LogP contribution in [-0.4, -0.2) is 24.1 Å². The van der Waals surface area contributed by atoms with E-state index in [1.54, 1.807) is 0 Å². The SMILES string of the molecule is CCCS(=O)(=O)NCc1ccc(-c2nc3ccccc3nc2-c2ccccc2)cc1. The van der Waals surface area contributed by atoms with E-state index in [1.807, 2.05) is 85.8 Å². The van der Waals surface area contributed by atoms with Crippen LogP contribution in [0.5, 0.6) is 0 Å². The average Bonchev–Trinajstić information content (AvgIpc) is 2.78. The minimum Gasteiger partial charge on any atom is -0.244 e. The first-order valence-corrected chi connectivity index (χ1v) is 11.6. The van der Waals surface area contributed by atoms with E-state index in [1.165, 1.54) is 0 Å². The van der Waals surface area contributed by atoms with Crippen molar-refractivity contribution in [1.29, 1.82) is 0 Å². The van der Waals surface area contributed by atoms with Crippen molar-refractivity contribution >= 4 is 21.1 Å². The van der Waals surface area contributed by atoms with Gasteiger partial charge in [-0.1, -0.05) is 73.7 Å². The van der Waals surface area contributed by atoms with Gasteiger partial charge >= 0.3 is 0 Å². The van der Waals surface area contributed by atoms with Gasteiger partial charge in [-0.25, -0.2) is 23.1 Å². The molecule has 0 saturated heterocycles. The summed E-state index contributed by atoms with van der Waals surface area (Å²) in [6.07, 6.45) is 0.594. The van der Waals surface area contributed by atoms with Crippen LogP contribution in [-0.2, 0) is 16.6 Å². The van der Waals surface area contributed by atoms with E-state index in [2.05, 4.69) is 4.72 Å². The molecule has 0 spiro atoms. The molecule has 0 saturated carbocycles. The van der Waals surface area contributed by atoms with Gasteiger partial charge in [0.15, 0.2) is 0 Å². The summed E-state index contributed by atoms with van der Waals surface area (Å²) in [4.78, 5) is 9.77. The average molecular weight is 418 g/mol. The predicted octanol–water partition coefficient (Wildman–Crippen LogP) is 4.79. The zero-order valence-corrected chi connectivity index (χ0v) is 17.6. The van der Waals surface area contributed by atoms with E-state index in [0.717, 1.165) is 39.1 Å². The lowest BCUT2D eigenvalue weighted by Crippen LogP contribution is -2.25. The third kappa shape index (κ3) is 4.56. The molecule has 1 N–H and O–H groups in total. The molecule has 4 aromatic rings. The second-order valence-electron chi connectivity index (χ2n) is 7.11. The molecular formula is C24H23N3O2S. The largest absolute Gasteiger partial charge is 0.244 e. The highest BCUT2D eigenvalue weighted by atomic mass is 32.2. The number of nitrogens with zero attached hydrogens (tertiary/aromatic N) is 2. The van der Waals surface area contributed by atoms with Gasteiger partial charge in [-0.15, -0.1) is 0 Å². The van der Waals surface area contributed by atoms with E-state index in [4.69, 9.17) is 9.97 Å². The third-order valence-corrected chi connectivity index (χ3v) is 6.34. The van der Waals surface area contributed by atoms with Gasteiger partial charge in [0, 0.05) is 17.7 Å². The van der Waals surface area contributed by atoms with Crippen molar-refractivity contribution in [1.82, 2.24) is 14.7 Å². The third-order valence-electron chi connectivity index (χ3n) is 4.81. The molecule has 152 valence electrons. The summed E-state index contributed by atoms with van der Waals surface area (Å²) in [6.45, 7) is 2.13. The van der Waals surface area contributed by atoms with Gasteiger partial charge in [0.1, 0.15) is 0 Å². The number of nitrogens with one attached hydrogen (secondary N) is 1. The molecule has 5 nitrogen and oxygen atoms in total. The Balaban J connectivity index is 1.70. The Bertz CT molecular complexity index is 1250. The van der Waals surface area contributed by atoms with Crippen molar-refractivity contribution in [2.45, 2.75) is 19.9 Å². The van der Waals surface area contributed by atoms with Crippen LogP contribution < -0.4 is 4.72 Å². The van der Waals surface area contributed by atoms with Gasteiger partial charge < -0.3 is 0 Å². The molecule has 0 aliphatic heterocycles. The second-order valence-corrected chi connectivity index (χ2v) is 9.04. The molecule has 0 amide bonds. The second kappa shape index (κ2) is 8.73. The standard InChI is InChI=1S/C24H23N3O2S/c1-2-16-30(28,29)25-17-18-12-14-20(15-13-18)24-23(19-8-4-3-5-9-19)26-21-10-6-7-11-22(21)27-24/h3-15,25H,2,16-17H2,1H3. The quantitative estimate of drug-likeness (QED) is 0.469. The first kappa shape index (κ1) is 20.2. The lowest BCUT2D eigenvalue weighted by atomic mass is 10.0. The molecule has 1 aromatic heterocycles. The zero-order valence-electron chi connectivity index (χ0n) is 16.7. The van der Waals surface area contributed by atoms with Crippen LogP contribution >= 0.6 is 0 Å². The minimum absolute atomic E-state index is 0.137. The fourth-order valence-electron chi connectivity index (χ4n) is 3.31. The molecule has 6 heteroatoms. The summed E-state index contributed by atoms with van der Waals surface area (Å²) in [7, 11) is -3.23. The Kier molecular flexibility index (Phi) is 5.88. The zero-order chi connectivity index (χ0) is 21.0. The van der Waals surface area contributed by atoms with Crippen molar-refractivity contribution in [3.05, 3.63) is 84.4 Å². The maximum absolute atomic E-state index is 11.9. The predicted molar refractivity (Wildman–Crippen MR) is 121 cm³/mol. The number of aromatic nitrogens is 2. The smallest absolute Gasteiger partial charge is 0.211 e. The number of para-hydroxylation sites is 2. The van der Waals surface area contributed by atoms with E-state index in [9.17, 15) is 8.42 Å². The summed E-state index contributed by atoms with van der Waals surface area (Å²) in [5.74, 6) is 0.137. The number of hydrogen-bond acceptors (Lipinski definition) is 4. The van der Waals surface area contributed by atoms with Crippen LogP contribution in [0.15, 0.2) is 78.9 Å². The molecule has 3 aromatic carbocycles. The van der Waals surface area contributed by atoms with E-state index < -0.39 is 10.0 Å². The highest BCUT2D eigenvalue weighted by Gasteiger charge is 2.13. The normalized spacial score (nSPS) is 11.6. The van der Waals surface area contributed by atoms with Gasteiger partial charge in [0.25, 0.3) is 0 Å². The number of fused-ring (bicyclic) bond motifs is 1. The summed E-state index contributed by atoms with van der Waals surface area (Å²) >= 11 is 0. The summed E-state index contributed by atoms with van der Waals surface area (Å²) in [6, 6.07) is 25.6. The Labute approximate surface area is 176 Å². The lowest BCUT2D eigenvalue weighted by Gasteiger charge is -2.11. The van der Waals surface area contributed by atoms with Crippen LogP contribution in [0.25, 0.3) is 33.5 Å². The van der Waals surface area contributed by atoms with Crippen LogP contribution in [0.3, 0.4) is 0 Å². The van der Waals surface area contributed by atoms with E-state index in [-0.39, 0.29) is 12.3 Å². The summed E-state index contributed by atoms with van der Waals surface area (Å²) in [5, 5.41) is 0. The molecule has 0 aliphatic rings. The molecule has 30 heavy (non-hydrogen) atoms. The lowest BCUT2D eigenvalue weighted by molar-refractivity contribution is 0.580. The first-order chi connectivity index (χ1) is 14.6. The number of sulfonamides is 1. The van der Waals surface area contributed by atoms with Gasteiger partial charge in [-0.3, -0.25) is 0 Å². The Morgan fingerprint density at radius 3 is 1.83 bits per heavy atom. The molecule has 0 radical (unpaired) electrons. The molecule has 0 aliphatic carbocycles. The molecule has 0 atom stereocenters. The van der Waals surface area contributed by atoms with Crippen LogP contribution in [0.1, 0.15) is 18.9 Å². The fraction of sp³-hybridized carbons (Fsp3) is 0.167. The van der Waals surface area contributed by atoms with Crippen LogP contribution in [0.4, 0.5) is 0 Å². The van der Waals surface area contributed by atoms with Gasteiger partial charge in [0.2, 0.25) is 10.0 Å². The Hall–Kier alpha value is -3.09. The summed E-state index contributed by atoms with van der Waals surface area (Å²) < 4.78 is 26.4. The van der Waals surface area contributed by atoms with Gasteiger partial charge in [0.05, 0.1) is 28.2 Å².